The fourth-order valence-corrected chi connectivity index (χ4v) is 3.89. The first-order valence-electron chi connectivity index (χ1n) is 10.4. The molecule has 2 aliphatic rings. The molecule has 4 heterocycles. The second-order valence-electron chi connectivity index (χ2n) is 8.15. The predicted octanol–water partition coefficient (Wildman–Crippen LogP) is -3.71. The molecule has 0 aromatic carbocycles. The van der Waals surface area contributed by atoms with Crippen molar-refractivity contribution in [1.82, 2.24) is 19.1 Å². The van der Waals surface area contributed by atoms with Gasteiger partial charge in [0, 0.05) is 24.4 Å². The highest BCUT2D eigenvalue weighted by Crippen LogP contribution is 2.32. The number of aromatic nitrogens is 4. The SMILES string of the molecule is Cc1cn([C@H]2C[C@H](O)[C@@H](COC(O)[C@H]3O[C@@H](n4ccc(N)nc4=O)[C@H](O)[C@@H]3O)O2)c(=O)[nH]c1=O. The van der Waals surface area contributed by atoms with Crippen molar-refractivity contribution < 1.29 is 34.6 Å². The molecule has 7 N–H and O–H groups in total. The minimum Gasteiger partial charge on any atom is -0.390 e. The van der Waals surface area contributed by atoms with E-state index in [9.17, 15) is 34.8 Å². The van der Waals surface area contributed by atoms with Gasteiger partial charge >= 0.3 is 11.4 Å². The summed E-state index contributed by atoms with van der Waals surface area (Å²) in [6, 6.07) is 1.30. The second kappa shape index (κ2) is 9.38. The molecule has 2 aliphatic heterocycles. The van der Waals surface area contributed by atoms with Gasteiger partial charge in [0.15, 0.2) is 12.5 Å². The molecule has 2 saturated heterocycles. The molecular formula is C19H25N5O10. The van der Waals surface area contributed by atoms with E-state index in [1.54, 1.807) is 0 Å². The first-order valence-corrected chi connectivity index (χ1v) is 10.4. The van der Waals surface area contributed by atoms with Crippen LogP contribution in [0.5, 0.6) is 0 Å². The molecule has 15 nitrogen and oxygen atoms in total. The van der Waals surface area contributed by atoms with Crippen molar-refractivity contribution in [3.8, 4) is 0 Å². The Morgan fingerprint density at radius 1 is 1.24 bits per heavy atom. The quantitative estimate of drug-likeness (QED) is 0.218. The average molecular weight is 483 g/mol. The van der Waals surface area contributed by atoms with E-state index in [1.165, 1.54) is 25.4 Å². The molecule has 0 saturated carbocycles. The second-order valence-corrected chi connectivity index (χ2v) is 8.15. The molecule has 2 fully saturated rings. The summed E-state index contributed by atoms with van der Waals surface area (Å²) in [5.74, 6) is -0.0399. The Kier molecular flexibility index (Phi) is 6.68. The van der Waals surface area contributed by atoms with Crippen LogP contribution in [0.2, 0.25) is 0 Å². The van der Waals surface area contributed by atoms with Crippen LogP contribution in [0.25, 0.3) is 0 Å². The number of nitrogens with one attached hydrogen (secondary N) is 1. The number of aliphatic hydroxyl groups excluding tert-OH is 4. The number of hydrogen-bond acceptors (Lipinski definition) is 12. The number of nitrogens with two attached hydrogens (primary N) is 1. The number of aromatic amines is 1. The number of aliphatic hydroxyl groups is 4. The highest BCUT2D eigenvalue weighted by Gasteiger charge is 2.48. The van der Waals surface area contributed by atoms with E-state index < -0.39 is 66.2 Å². The number of hydrogen-bond donors (Lipinski definition) is 6. The lowest BCUT2D eigenvalue weighted by atomic mass is 10.1. The third-order valence-corrected chi connectivity index (χ3v) is 5.77. The molecule has 0 spiro atoms. The lowest BCUT2D eigenvalue weighted by Crippen LogP contribution is -2.42. The van der Waals surface area contributed by atoms with Gasteiger partial charge in [0.05, 0.1) is 12.7 Å². The zero-order valence-corrected chi connectivity index (χ0v) is 17.9. The Morgan fingerprint density at radius 3 is 2.68 bits per heavy atom. The summed E-state index contributed by atoms with van der Waals surface area (Å²) >= 11 is 0. The minimum atomic E-state index is -1.76. The van der Waals surface area contributed by atoms with Gasteiger partial charge in [-0.3, -0.25) is 18.9 Å². The van der Waals surface area contributed by atoms with Crippen molar-refractivity contribution in [2.45, 2.75) is 62.6 Å². The Balaban J connectivity index is 1.39. The topological polar surface area (TPSA) is 224 Å². The summed E-state index contributed by atoms with van der Waals surface area (Å²) in [6.07, 6.45) is -8.10. The molecule has 15 heteroatoms. The van der Waals surface area contributed by atoms with Crippen molar-refractivity contribution in [2.75, 3.05) is 12.3 Å². The Hall–Kier alpha value is -2.92. The van der Waals surface area contributed by atoms with Crippen LogP contribution in [0, 0.1) is 6.92 Å². The fraction of sp³-hybridized carbons (Fsp3) is 0.579. The number of anilines is 1. The molecule has 8 atom stereocenters. The third-order valence-electron chi connectivity index (χ3n) is 5.77. The van der Waals surface area contributed by atoms with Crippen molar-refractivity contribution in [3.63, 3.8) is 0 Å². The molecule has 0 aliphatic carbocycles. The van der Waals surface area contributed by atoms with E-state index >= 15 is 0 Å². The van der Waals surface area contributed by atoms with Gasteiger partial charge in [-0.05, 0) is 13.0 Å². The van der Waals surface area contributed by atoms with Crippen LogP contribution in [0.15, 0.2) is 32.8 Å². The van der Waals surface area contributed by atoms with Gasteiger partial charge in [0.25, 0.3) is 5.56 Å². The van der Waals surface area contributed by atoms with Gasteiger partial charge in [0.1, 0.15) is 36.5 Å². The lowest BCUT2D eigenvalue weighted by molar-refractivity contribution is -0.211. The smallest absolute Gasteiger partial charge is 0.351 e. The lowest BCUT2D eigenvalue weighted by Gasteiger charge is -2.23. The minimum absolute atomic E-state index is 0.0198. The monoisotopic (exact) mass is 483 g/mol. The first kappa shape index (κ1) is 24.2. The Labute approximate surface area is 190 Å². The van der Waals surface area contributed by atoms with Gasteiger partial charge in [-0.2, -0.15) is 4.98 Å². The number of rotatable bonds is 6. The maximum Gasteiger partial charge on any atom is 0.351 e. The zero-order valence-electron chi connectivity index (χ0n) is 17.9. The number of aryl methyl sites for hydroxylation is 1. The van der Waals surface area contributed by atoms with Crippen LogP contribution in [-0.4, -0.2) is 82.9 Å². The van der Waals surface area contributed by atoms with Crippen molar-refractivity contribution in [3.05, 3.63) is 55.3 Å². The van der Waals surface area contributed by atoms with Crippen molar-refractivity contribution in [1.29, 1.82) is 0 Å². The summed E-state index contributed by atoms with van der Waals surface area (Å²) in [5.41, 5.74) is 3.66. The maximum absolute atomic E-state index is 12.1. The molecule has 2 aromatic heterocycles. The van der Waals surface area contributed by atoms with Crippen LogP contribution in [-0.2, 0) is 14.2 Å². The van der Waals surface area contributed by atoms with E-state index in [4.69, 9.17) is 19.9 Å². The standard InChI is InChI=1S/C19H25N5O10/c1-7-5-24(19(31)22-15(7)28)11-4-8(25)9(33-11)6-32-17(29)14-12(26)13(27)16(34-14)23-3-2-10(20)21-18(23)30/h2-3,5,8-9,11-14,16-17,25-27,29H,4,6H2,1H3,(H2,20,21,30)(H,22,28,31)/t8-,9+,11+,12-,13+,14-,16+,17?/m0/s1. The Bertz CT molecular complexity index is 1210. The largest absolute Gasteiger partial charge is 0.390 e. The summed E-state index contributed by atoms with van der Waals surface area (Å²) in [5, 5.41) is 41.3. The third kappa shape index (κ3) is 4.54. The number of nitrogens with zero attached hydrogens (tertiary/aromatic N) is 3. The van der Waals surface area contributed by atoms with Gasteiger partial charge in [-0.25, -0.2) is 9.59 Å². The zero-order chi connectivity index (χ0) is 24.7. The number of ether oxygens (including phenoxy) is 3. The highest BCUT2D eigenvalue weighted by molar-refractivity contribution is 5.23. The molecule has 1 unspecified atom stereocenters. The fourth-order valence-electron chi connectivity index (χ4n) is 3.89. The van der Waals surface area contributed by atoms with E-state index in [0.29, 0.717) is 0 Å². The summed E-state index contributed by atoms with van der Waals surface area (Å²) < 4.78 is 18.4. The molecule has 0 amide bonds. The molecule has 0 radical (unpaired) electrons. The predicted molar refractivity (Wildman–Crippen MR) is 111 cm³/mol. The number of nitrogen functional groups attached to an aromatic ring is 1. The summed E-state index contributed by atoms with van der Waals surface area (Å²) in [4.78, 5) is 41.3. The Morgan fingerprint density at radius 2 is 1.97 bits per heavy atom. The molecule has 4 rings (SSSR count). The maximum atomic E-state index is 12.1. The van der Waals surface area contributed by atoms with Crippen molar-refractivity contribution >= 4 is 5.82 Å². The number of H-pyrrole nitrogens is 1. The molecular weight excluding hydrogens is 458 g/mol. The van der Waals surface area contributed by atoms with Gasteiger partial charge in [-0.15, -0.1) is 0 Å². The molecule has 34 heavy (non-hydrogen) atoms. The van der Waals surface area contributed by atoms with E-state index in [-0.39, 0.29) is 24.4 Å². The normalized spacial score (nSPS) is 32.2. The molecule has 186 valence electrons. The summed E-state index contributed by atoms with van der Waals surface area (Å²) in [7, 11) is 0. The van der Waals surface area contributed by atoms with Crippen LogP contribution >= 0.6 is 0 Å². The molecule has 2 aromatic rings. The van der Waals surface area contributed by atoms with Crippen molar-refractivity contribution in [2.24, 2.45) is 0 Å². The first-order chi connectivity index (χ1) is 16.1. The molecule has 0 bridgehead atoms. The van der Waals surface area contributed by atoms with Gasteiger partial charge in [0.2, 0.25) is 0 Å². The van der Waals surface area contributed by atoms with Crippen LogP contribution in [0.1, 0.15) is 24.4 Å². The van der Waals surface area contributed by atoms with Crippen LogP contribution in [0.4, 0.5) is 5.82 Å². The summed E-state index contributed by atoms with van der Waals surface area (Å²) in [6.45, 7) is 1.16. The van der Waals surface area contributed by atoms with E-state index in [0.717, 1.165) is 9.13 Å². The highest BCUT2D eigenvalue weighted by atomic mass is 16.7. The van der Waals surface area contributed by atoms with Gasteiger partial charge in [-0.1, -0.05) is 0 Å². The van der Waals surface area contributed by atoms with Gasteiger partial charge < -0.3 is 40.4 Å². The van der Waals surface area contributed by atoms with E-state index in [1.807, 2.05) is 0 Å². The van der Waals surface area contributed by atoms with Crippen LogP contribution in [0.3, 0.4) is 0 Å². The van der Waals surface area contributed by atoms with Crippen LogP contribution < -0.4 is 22.7 Å². The average Bonchev–Trinajstić information content (AvgIpc) is 3.29. The van der Waals surface area contributed by atoms with E-state index in [2.05, 4.69) is 9.97 Å².